The Morgan fingerprint density at radius 1 is 1.20 bits per heavy atom. The van der Waals surface area contributed by atoms with Crippen molar-refractivity contribution >= 4 is 34.2 Å². The van der Waals surface area contributed by atoms with E-state index < -0.39 is 0 Å². The molecule has 8 heteroatoms. The van der Waals surface area contributed by atoms with Gasteiger partial charge in [0.2, 0.25) is 0 Å². The molecule has 2 aromatic carbocycles. The highest BCUT2D eigenvalue weighted by atomic mass is 32.1. The number of allylic oxidation sites excluding steroid dienone is 2. The topological polar surface area (TPSA) is 82.1 Å². The van der Waals surface area contributed by atoms with E-state index in [2.05, 4.69) is 64.9 Å². The molecule has 4 aromatic rings. The molecular weight excluding hydrogens is 456 g/mol. The lowest BCUT2D eigenvalue weighted by atomic mass is 10.0. The fraction of sp³-hybridized carbons (Fsp3) is 0.296. The van der Waals surface area contributed by atoms with Gasteiger partial charge in [0, 0.05) is 6.54 Å². The average Bonchev–Trinajstić information content (AvgIpc) is 3.44. The first-order valence-electron chi connectivity index (χ1n) is 11.5. The third-order valence-corrected chi connectivity index (χ3v) is 6.63. The Kier molecular flexibility index (Phi) is 7.75. The van der Waals surface area contributed by atoms with Gasteiger partial charge < -0.3 is 15.4 Å². The Hall–Kier alpha value is -3.33. The first kappa shape index (κ1) is 24.8. The summed E-state index contributed by atoms with van der Waals surface area (Å²) in [5.74, 6) is 0.836. The number of hydrogen-bond donors (Lipinski definition) is 1. The quantitative estimate of drug-likeness (QED) is 0.390. The summed E-state index contributed by atoms with van der Waals surface area (Å²) in [6.45, 7) is 9.75. The Morgan fingerprint density at radius 3 is 2.71 bits per heavy atom. The van der Waals surface area contributed by atoms with Gasteiger partial charge in [-0.15, -0.1) is 16.4 Å². The smallest absolute Gasteiger partial charge is 0.119 e. The molecule has 35 heavy (non-hydrogen) atoms. The SMILES string of the molecule is C=c1/c(=C\C(C)=C(C)Cc2ccc(OCC(N)CN(C)C)cc2)nnn1-c1ccc2ncsc2c1. The fourth-order valence-corrected chi connectivity index (χ4v) is 4.52. The van der Waals surface area contributed by atoms with Crippen molar-refractivity contribution in [1.29, 1.82) is 0 Å². The maximum Gasteiger partial charge on any atom is 0.119 e. The maximum absolute atomic E-state index is 6.08. The molecule has 0 amide bonds. The minimum atomic E-state index is -0.0143. The minimum Gasteiger partial charge on any atom is -0.492 e. The zero-order valence-corrected chi connectivity index (χ0v) is 21.5. The van der Waals surface area contributed by atoms with E-state index in [9.17, 15) is 0 Å². The molecule has 2 heterocycles. The second kappa shape index (κ2) is 10.9. The molecule has 0 fully saturated rings. The molecule has 0 spiro atoms. The van der Waals surface area contributed by atoms with Gasteiger partial charge in [0.1, 0.15) is 17.7 Å². The summed E-state index contributed by atoms with van der Waals surface area (Å²) in [6.07, 6.45) is 2.89. The number of thiazole rings is 1. The van der Waals surface area contributed by atoms with Crippen LogP contribution in [0.1, 0.15) is 19.4 Å². The van der Waals surface area contributed by atoms with Crippen molar-refractivity contribution in [2.24, 2.45) is 5.73 Å². The van der Waals surface area contributed by atoms with Gasteiger partial charge in [-0.1, -0.05) is 29.5 Å². The number of aromatic nitrogens is 4. The predicted molar refractivity (Wildman–Crippen MR) is 144 cm³/mol. The third kappa shape index (κ3) is 6.22. The standard InChI is InChI=1S/C27H32N6OS/c1-18(12-21-6-9-24(10-7-21)34-16-22(28)15-32(4)5)19(2)13-26-20(3)33(31-30-26)23-8-11-25-27(14-23)35-17-29-25/h6-11,13-14,17,22H,3,12,15-16,28H2,1-2,4-5H3/b19-18?,26-13+. The van der Waals surface area contributed by atoms with Crippen LogP contribution in [0.2, 0.25) is 0 Å². The zero-order valence-electron chi connectivity index (χ0n) is 20.7. The number of likely N-dealkylation sites (N-methyl/N-ethyl adjacent to an activating group) is 1. The average molecular weight is 489 g/mol. The molecular formula is C27H32N6OS. The maximum atomic E-state index is 6.08. The second-order valence-electron chi connectivity index (χ2n) is 9.10. The van der Waals surface area contributed by atoms with Crippen LogP contribution in [0.15, 0.2) is 59.1 Å². The van der Waals surface area contributed by atoms with Gasteiger partial charge in [0.15, 0.2) is 0 Å². The van der Waals surface area contributed by atoms with Gasteiger partial charge in [-0.2, -0.15) is 0 Å². The van der Waals surface area contributed by atoms with E-state index in [1.165, 1.54) is 11.1 Å². The fourth-order valence-electron chi connectivity index (χ4n) is 3.81. The molecule has 0 aliphatic carbocycles. The van der Waals surface area contributed by atoms with E-state index in [0.29, 0.717) is 6.61 Å². The first-order valence-corrected chi connectivity index (χ1v) is 12.4. The van der Waals surface area contributed by atoms with E-state index in [1.807, 2.05) is 43.9 Å². The van der Waals surface area contributed by atoms with Gasteiger partial charge in [-0.05, 0) is 81.9 Å². The summed E-state index contributed by atoms with van der Waals surface area (Å²) < 4.78 is 8.72. The molecule has 0 aliphatic heterocycles. The van der Waals surface area contributed by atoms with Crippen molar-refractivity contribution in [2.45, 2.75) is 26.3 Å². The van der Waals surface area contributed by atoms with Crippen molar-refractivity contribution in [3.8, 4) is 11.4 Å². The van der Waals surface area contributed by atoms with E-state index in [1.54, 1.807) is 16.0 Å². The molecule has 1 atom stereocenters. The lowest BCUT2D eigenvalue weighted by Crippen LogP contribution is -2.37. The van der Waals surface area contributed by atoms with Crippen molar-refractivity contribution < 1.29 is 4.74 Å². The Balaban J connectivity index is 1.45. The van der Waals surface area contributed by atoms with Crippen LogP contribution in [0.25, 0.3) is 28.6 Å². The van der Waals surface area contributed by atoms with E-state index in [0.717, 1.165) is 50.9 Å². The number of benzene rings is 2. The summed E-state index contributed by atoms with van der Waals surface area (Å²) in [5, 5.41) is 10.2. The molecule has 7 nitrogen and oxygen atoms in total. The molecule has 0 saturated carbocycles. The molecule has 2 aromatic heterocycles. The van der Waals surface area contributed by atoms with Crippen LogP contribution in [-0.4, -0.2) is 58.2 Å². The Morgan fingerprint density at radius 2 is 1.97 bits per heavy atom. The van der Waals surface area contributed by atoms with Crippen LogP contribution < -0.4 is 21.2 Å². The molecule has 2 N–H and O–H groups in total. The van der Waals surface area contributed by atoms with Gasteiger partial charge in [-0.3, -0.25) is 0 Å². The minimum absolute atomic E-state index is 0.0143. The van der Waals surface area contributed by atoms with Crippen molar-refractivity contribution in [3.05, 3.63) is 75.4 Å². The van der Waals surface area contributed by atoms with Crippen molar-refractivity contribution in [2.75, 3.05) is 27.2 Å². The number of rotatable bonds is 9. The largest absolute Gasteiger partial charge is 0.492 e. The van der Waals surface area contributed by atoms with Crippen molar-refractivity contribution in [3.63, 3.8) is 0 Å². The van der Waals surface area contributed by atoms with Crippen molar-refractivity contribution in [1.82, 2.24) is 24.9 Å². The summed E-state index contributed by atoms with van der Waals surface area (Å²) in [6, 6.07) is 14.2. The number of ether oxygens (including phenoxy) is 1. The number of hydrogen-bond acceptors (Lipinski definition) is 7. The van der Waals surface area contributed by atoms with E-state index in [4.69, 9.17) is 10.5 Å². The van der Waals surface area contributed by atoms with Crippen LogP contribution in [0, 0.1) is 0 Å². The second-order valence-corrected chi connectivity index (χ2v) is 9.99. The molecule has 182 valence electrons. The summed E-state index contributed by atoms with van der Waals surface area (Å²) in [4.78, 5) is 6.40. The molecule has 4 rings (SSSR count). The van der Waals surface area contributed by atoms with Crippen LogP contribution in [0.4, 0.5) is 0 Å². The Labute approximate surface area is 209 Å². The highest BCUT2D eigenvalue weighted by molar-refractivity contribution is 7.16. The van der Waals surface area contributed by atoms with Gasteiger partial charge >= 0.3 is 0 Å². The molecule has 0 bridgehead atoms. The Bertz CT molecular complexity index is 1430. The predicted octanol–water partition coefficient (Wildman–Crippen LogP) is 2.91. The molecule has 0 aliphatic rings. The summed E-state index contributed by atoms with van der Waals surface area (Å²) in [7, 11) is 4.01. The number of nitrogens with zero attached hydrogens (tertiary/aromatic N) is 5. The molecule has 0 radical (unpaired) electrons. The van der Waals surface area contributed by atoms with E-state index >= 15 is 0 Å². The van der Waals surface area contributed by atoms with Crippen LogP contribution >= 0.6 is 11.3 Å². The first-order chi connectivity index (χ1) is 16.8. The van der Waals surface area contributed by atoms with Gasteiger partial charge in [0.25, 0.3) is 0 Å². The highest BCUT2D eigenvalue weighted by Crippen LogP contribution is 2.20. The van der Waals surface area contributed by atoms with E-state index in [-0.39, 0.29) is 6.04 Å². The molecule has 1 unspecified atom stereocenters. The normalized spacial score (nSPS) is 13.9. The highest BCUT2D eigenvalue weighted by Gasteiger charge is 2.07. The summed E-state index contributed by atoms with van der Waals surface area (Å²) >= 11 is 1.61. The van der Waals surface area contributed by atoms with Gasteiger partial charge in [-0.25, -0.2) is 9.67 Å². The monoisotopic (exact) mass is 488 g/mol. The van der Waals surface area contributed by atoms with Crippen LogP contribution in [0.3, 0.4) is 0 Å². The van der Waals surface area contributed by atoms with Crippen LogP contribution in [-0.2, 0) is 6.42 Å². The number of fused-ring (bicyclic) bond motifs is 1. The zero-order chi connectivity index (χ0) is 24.9. The third-order valence-electron chi connectivity index (χ3n) is 5.84. The number of nitrogens with two attached hydrogens (primary N) is 1. The lowest BCUT2D eigenvalue weighted by Gasteiger charge is -2.17. The molecule has 0 saturated heterocycles. The summed E-state index contributed by atoms with van der Waals surface area (Å²) in [5.41, 5.74) is 13.5. The lowest BCUT2D eigenvalue weighted by molar-refractivity contribution is 0.254. The van der Waals surface area contributed by atoms with Crippen LogP contribution in [0.5, 0.6) is 5.75 Å². The van der Waals surface area contributed by atoms with Gasteiger partial charge in [0.05, 0.1) is 32.8 Å².